The van der Waals surface area contributed by atoms with Crippen molar-refractivity contribution in [1.29, 1.82) is 0 Å². The second kappa shape index (κ2) is 6.19. The van der Waals surface area contributed by atoms with E-state index in [1.807, 2.05) is 24.3 Å². The van der Waals surface area contributed by atoms with E-state index in [4.69, 9.17) is 4.52 Å². The monoisotopic (exact) mass is 321 g/mol. The summed E-state index contributed by atoms with van der Waals surface area (Å²) in [6, 6.07) is 7.47. The quantitative estimate of drug-likeness (QED) is 0.731. The topological polar surface area (TPSA) is 85.0 Å². The maximum Gasteiger partial charge on any atom is 0.232 e. The summed E-state index contributed by atoms with van der Waals surface area (Å²) in [6.07, 6.45) is 7.24. The van der Waals surface area contributed by atoms with Crippen LogP contribution < -0.4 is 0 Å². The lowest BCUT2D eigenvalue weighted by Crippen LogP contribution is -2.24. The SMILES string of the molecule is O=C1C[C@H](c2nc(-c3ccncc3)no2)CN1Cc1cccnc1. The van der Waals surface area contributed by atoms with E-state index in [9.17, 15) is 4.79 Å². The molecule has 24 heavy (non-hydrogen) atoms. The fraction of sp³-hybridized carbons (Fsp3) is 0.235. The minimum atomic E-state index is -0.0720. The molecule has 1 aliphatic heterocycles. The molecule has 1 fully saturated rings. The molecule has 0 aliphatic carbocycles. The molecule has 0 unspecified atom stereocenters. The van der Waals surface area contributed by atoms with Crippen molar-refractivity contribution in [3.8, 4) is 11.4 Å². The van der Waals surface area contributed by atoms with E-state index < -0.39 is 0 Å². The molecule has 0 aromatic carbocycles. The van der Waals surface area contributed by atoms with Crippen molar-refractivity contribution in [2.45, 2.75) is 18.9 Å². The van der Waals surface area contributed by atoms with Crippen LogP contribution in [-0.2, 0) is 11.3 Å². The van der Waals surface area contributed by atoms with Crippen LogP contribution in [0.25, 0.3) is 11.4 Å². The van der Waals surface area contributed by atoms with Crippen molar-refractivity contribution in [2.24, 2.45) is 0 Å². The highest BCUT2D eigenvalue weighted by Gasteiger charge is 2.34. The van der Waals surface area contributed by atoms with Crippen LogP contribution in [0, 0.1) is 0 Å². The lowest BCUT2D eigenvalue weighted by molar-refractivity contribution is -0.128. The Morgan fingerprint density at radius 1 is 1.17 bits per heavy atom. The predicted octanol–water partition coefficient (Wildman–Crippen LogP) is 2.04. The van der Waals surface area contributed by atoms with Crippen LogP contribution in [0.3, 0.4) is 0 Å². The van der Waals surface area contributed by atoms with Crippen LogP contribution in [0.1, 0.15) is 23.8 Å². The minimum Gasteiger partial charge on any atom is -0.339 e. The van der Waals surface area contributed by atoms with Crippen LogP contribution in [0.4, 0.5) is 0 Å². The number of aromatic nitrogens is 4. The second-order valence-electron chi connectivity index (χ2n) is 5.73. The van der Waals surface area contributed by atoms with Gasteiger partial charge in [0, 0.05) is 49.9 Å². The predicted molar refractivity (Wildman–Crippen MR) is 84.5 cm³/mol. The van der Waals surface area contributed by atoms with Gasteiger partial charge in [0.05, 0.1) is 5.92 Å². The second-order valence-corrected chi connectivity index (χ2v) is 5.73. The Morgan fingerprint density at radius 3 is 2.83 bits per heavy atom. The molecule has 0 bridgehead atoms. The van der Waals surface area contributed by atoms with E-state index in [1.165, 1.54) is 0 Å². The summed E-state index contributed by atoms with van der Waals surface area (Å²) in [4.78, 5) is 26.5. The number of pyridine rings is 2. The molecule has 0 saturated carbocycles. The number of nitrogens with zero attached hydrogens (tertiary/aromatic N) is 5. The van der Waals surface area contributed by atoms with Gasteiger partial charge in [-0.05, 0) is 23.8 Å². The number of hydrogen-bond donors (Lipinski definition) is 0. The van der Waals surface area contributed by atoms with E-state index in [0.29, 0.717) is 31.2 Å². The van der Waals surface area contributed by atoms with Gasteiger partial charge in [0.25, 0.3) is 0 Å². The number of carbonyl (C=O) groups excluding carboxylic acids is 1. The maximum atomic E-state index is 12.2. The van der Waals surface area contributed by atoms with Crippen LogP contribution in [0.15, 0.2) is 53.6 Å². The van der Waals surface area contributed by atoms with Crippen molar-refractivity contribution in [1.82, 2.24) is 25.0 Å². The number of hydrogen-bond acceptors (Lipinski definition) is 6. The molecular weight excluding hydrogens is 306 g/mol. The summed E-state index contributed by atoms with van der Waals surface area (Å²) in [6.45, 7) is 1.13. The molecule has 4 heterocycles. The van der Waals surface area contributed by atoms with Crippen LogP contribution in [0.5, 0.6) is 0 Å². The van der Waals surface area contributed by atoms with E-state index >= 15 is 0 Å². The molecule has 0 spiro atoms. The highest BCUT2D eigenvalue weighted by molar-refractivity contribution is 5.79. The van der Waals surface area contributed by atoms with Crippen LogP contribution in [0.2, 0.25) is 0 Å². The Kier molecular flexibility index (Phi) is 3.74. The maximum absolute atomic E-state index is 12.2. The smallest absolute Gasteiger partial charge is 0.232 e. The molecule has 3 aromatic rings. The van der Waals surface area contributed by atoms with E-state index in [1.54, 1.807) is 29.7 Å². The number of carbonyl (C=O) groups is 1. The first kappa shape index (κ1) is 14.5. The van der Waals surface area contributed by atoms with Gasteiger partial charge in [0.1, 0.15) is 0 Å². The van der Waals surface area contributed by atoms with Gasteiger partial charge in [-0.25, -0.2) is 0 Å². The molecule has 120 valence electrons. The average Bonchev–Trinajstić information content (AvgIpc) is 3.24. The summed E-state index contributed by atoms with van der Waals surface area (Å²) in [5.41, 5.74) is 1.85. The Morgan fingerprint density at radius 2 is 2.04 bits per heavy atom. The van der Waals surface area contributed by atoms with Crippen molar-refractivity contribution in [2.75, 3.05) is 6.54 Å². The normalized spacial score (nSPS) is 17.4. The molecule has 0 radical (unpaired) electrons. The van der Waals surface area contributed by atoms with E-state index in [-0.39, 0.29) is 11.8 Å². The molecule has 4 rings (SSSR count). The fourth-order valence-electron chi connectivity index (χ4n) is 2.82. The average molecular weight is 321 g/mol. The van der Waals surface area contributed by atoms with Gasteiger partial charge in [-0.15, -0.1) is 0 Å². The van der Waals surface area contributed by atoms with Gasteiger partial charge < -0.3 is 9.42 Å². The number of likely N-dealkylation sites (tertiary alicyclic amines) is 1. The lowest BCUT2D eigenvalue weighted by Gasteiger charge is -2.15. The first-order valence-corrected chi connectivity index (χ1v) is 7.70. The molecule has 1 aliphatic rings. The standard InChI is InChI=1S/C17H15N5O2/c23-15-8-14(11-22(15)10-12-2-1-5-19-9-12)17-20-16(21-24-17)13-3-6-18-7-4-13/h1-7,9,14H,8,10-11H2/t14-/m0/s1. The molecular formula is C17H15N5O2. The lowest BCUT2D eigenvalue weighted by atomic mass is 10.1. The molecule has 1 saturated heterocycles. The Labute approximate surface area is 138 Å². The summed E-state index contributed by atoms with van der Waals surface area (Å²) in [5, 5.41) is 4.01. The Hall–Kier alpha value is -3.09. The third kappa shape index (κ3) is 2.88. The molecule has 7 nitrogen and oxygen atoms in total. The number of amides is 1. The van der Waals surface area contributed by atoms with Crippen LogP contribution >= 0.6 is 0 Å². The van der Waals surface area contributed by atoms with Crippen molar-refractivity contribution in [3.05, 3.63) is 60.5 Å². The van der Waals surface area contributed by atoms with Crippen molar-refractivity contribution >= 4 is 5.91 Å². The zero-order valence-electron chi connectivity index (χ0n) is 12.9. The summed E-state index contributed by atoms with van der Waals surface area (Å²) < 4.78 is 5.38. The molecule has 1 atom stereocenters. The van der Waals surface area contributed by atoms with Crippen molar-refractivity contribution < 1.29 is 9.32 Å². The molecule has 3 aromatic heterocycles. The van der Waals surface area contributed by atoms with Gasteiger partial charge in [-0.2, -0.15) is 4.98 Å². The zero-order chi connectivity index (χ0) is 16.4. The van der Waals surface area contributed by atoms with Gasteiger partial charge in [-0.3, -0.25) is 14.8 Å². The van der Waals surface area contributed by atoms with E-state index in [0.717, 1.165) is 11.1 Å². The summed E-state index contributed by atoms with van der Waals surface area (Å²) in [5.74, 6) is 1.04. The summed E-state index contributed by atoms with van der Waals surface area (Å²) in [7, 11) is 0. The molecule has 1 amide bonds. The summed E-state index contributed by atoms with van der Waals surface area (Å²) >= 11 is 0. The number of rotatable bonds is 4. The highest BCUT2D eigenvalue weighted by atomic mass is 16.5. The Bertz CT molecular complexity index is 834. The molecule has 0 N–H and O–H groups in total. The van der Waals surface area contributed by atoms with Gasteiger partial charge in [0.15, 0.2) is 0 Å². The fourth-order valence-corrected chi connectivity index (χ4v) is 2.82. The third-order valence-corrected chi connectivity index (χ3v) is 4.04. The zero-order valence-corrected chi connectivity index (χ0v) is 12.9. The first-order chi connectivity index (χ1) is 11.8. The Balaban J connectivity index is 1.48. The largest absolute Gasteiger partial charge is 0.339 e. The van der Waals surface area contributed by atoms with Crippen LogP contribution in [-0.4, -0.2) is 37.5 Å². The van der Waals surface area contributed by atoms with E-state index in [2.05, 4.69) is 20.1 Å². The van der Waals surface area contributed by atoms with Crippen molar-refractivity contribution in [3.63, 3.8) is 0 Å². The van der Waals surface area contributed by atoms with Gasteiger partial charge in [-0.1, -0.05) is 11.2 Å². The first-order valence-electron chi connectivity index (χ1n) is 7.70. The third-order valence-electron chi connectivity index (χ3n) is 4.04. The highest BCUT2D eigenvalue weighted by Crippen LogP contribution is 2.29. The van der Waals surface area contributed by atoms with Gasteiger partial charge in [0.2, 0.25) is 17.6 Å². The molecule has 7 heteroatoms. The van der Waals surface area contributed by atoms with Gasteiger partial charge >= 0.3 is 0 Å². The minimum absolute atomic E-state index is 0.0720.